The van der Waals surface area contributed by atoms with Crippen molar-refractivity contribution in [3.8, 4) is 12.3 Å². The van der Waals surface area contributed by atoms with E-state index >= 15 is 0 Å². The van der Waals surface area contributed by atoms with E-state index < -0.39 is 0 Å². The van der Waals surface area contributed by atoms with Gasteiger partial charge in [-0.2, -0.15) is 0 Å². The molecule has 0 aliphatic carbocycles. The quantitative estimate of drug-likeness (QED) is 0.739. The highest BCUT2D eigenvalue weighted by molar-refractivity contribution is 5.93. The van der Waals surface area contributed by atoms with Gasteiger partial charge in [-0.3, -0.25) is 14.7 Å². The summed E-state index contributed by atoms with van der Waals surface area (Å²) >= 11 is 0. The smallest absolute Gasteiger partial charge is 0.255 e. The van der Waals surface area contributed by atoms with Gasteiger partial charge in [-0.1, -0.05) is 0 Å². The fourth-order valence-corrected chi connectivity index (χ4v) is 2.07. The molecule has 1 amide bonds. The minimum atomic E-state index is 0.0692. The lowest BCUT2D eigenvalue weighted by atomic mass is 10.2. The average molecular weight is 243 g/mol. The van der Waals surface area contributed by atoms with Crippen LogP contribution in [0.1, 0.15) is 16.8 Å². The highest BCUT2D eigenvalue weighted by Crippen LogP contribution is 2.07. The Labute approximate surface area is 108 Å². The van der Waals surface area contributed by atoms with E-state index in [1.807, 2.05) is 4.90 Å². The average Bonchev–Trinajstić information content (AvgIpc) is 2.46. The van der Waals surface area contributed by atoms with Gasteiger partial charge < -0.3 is 4.90 Å². The van der Waals surface area contributed by atoms with E-state index in [0.717, 1.165) is 39.1 Å². The molecule has 1 saturated heterocycles. The van der Waals surface area contributed by atoms with Crippen LogP contribution in [0.15, 0.2) is 24.5 Å². The predicted octanol–water partition coefficient (Wildman–Crippen LogP) is 0.863. The molecule has 0 spiro atoms. The van der Waals surface area contributed by atoms with Crippen molar-refractivity contribution in [1.82, 2.24) is 14.8 Å². The van der Waals surface area contributed by atoms with Crippen LogP contribution in [0.3, 0.4) is 0 Å². The number of carbonyl (C=O) groups is 1. The summed E-state index contributed by atoms with van der Waals surface area (Å²) in [7, 11) is 0. The summed E-state index contributed by atoms with van der Waals surface area (Å²) in [6, 6.07) is 3.59. The molecule has 1 aromatic rings. The number of piperazine rings is 1. The van der Waals surface area contributed by atoms with Crippen molar-refractivity contribution >= 4 is 5.91 Å². The number of carbonyl (C=O) groups excluding carboxylic acids is 1. The van der Waals surface area contributed by atoms with Gasteiger partial charge in [0.05, 0.1) is 5.56 Å². The number of terminal acetylenes is 1. The first-order chi connectivity index (χ1) is 8.81. The number of nitrogens with zero attached hydrogens (tertiary/aromatic N) is 3. The van der Waals surface area contributed by atoms with Crippen molar-refractivity contribution in [3.63, 3.8) is 0 Å². The monoisotopic (exact) mass is 243 g/mol. The summed E-state index contributed by atoms with van der Waals surface area (Å²) in [6.45, 7) is 4.24. The number of pyridine rings is 1. The van der Waals surface area contributed by atoms with Crippen molar-refractivity contribution in [1.29, 1.82) is 0 Å². The summed E-state index contributed by atoms with van der Waals surface area (Å²) in [5.41, 5.74) is 0.662. The van der Waals surface area contributed by atoms with E-state index in [9.17, 15) is 4.79 Å². The standard InChI is InChI=1S/C14H17N3O/c1-2-3-7-16-8-10-17(11-9-16)14(18)13-5-4-6-15-12-13/h1,4-6,12H,3,7-11H2. The van der Waals surface area contributed by atoms with Gasteiger partial charge >= 0.3 is 0 Å². The number of aromatic nitrogens is 1. The third kappa shape index (κ3) is 3.08. The van der Waals surface area contributed by atoms with Crippen LogP contribution < -0.4 is 0 Å². The van der Waals surface area contributed by atoms with Crippen LogP contribution in [0, 0.1) is 12.3 Å². The molecule has 1 aliphatic heterocycles. The predicted molar refractivity (Wildman–Crippen MR) is 70.0 cm³/mol. The van der Waals surface area contributed by atoms with Crippen LogP contribution in [0.4, 0.5) is 0 Å². The van der Waals surface area contributed by atoms with Gasteiger partial charge in [-0.05, 0) is 12.1 Å². The van der Waals surface area contributed by atoms with Crippen LogP contribution >= 0.6 is 0 Å². The van der Waals surface area contributed by atoms with E-state index in [-0.39, 0.29) is 5.91 Å². The van der Waals surface area contributed by atoms with E-state index in [0.29, 0.717) is 5.56 Å². The fourth-order valence-electron chi connectivity index (χ4n) is 2.07. The van der Waals surface area contributed by atoms with Crippen molar-refractivity contribution in [2.75, 3.05) is 32.7 Å². The Morgan fingerprint density at radius 2 is 2.17 bits per heavy atom. The zero-order valence-corrected chi connectivity index (χ0v) is 10.4. The Balaban J connectivity index is 1.87. The molecular formula is C14H17N3O. The first-order valence-electron chi connectivity index (χ1n) is 6.16. The highest BCUT2D eigenvalue weighted by Gasteiger charge is 2.21. The van der Waals surface area contributed by atoms with E-state index in [1.165, 1.54) is 0 Å². The Kier molecular flexibility index (Phi) is 4.32. The second-order valence-electron chi connectivity index (χ2n) is 4.33. The second kappa shape index (κ2) is 6.18. The third-order valence-electron chi connectivity index (χ3n) is 3.14. The van der Waals surface area contributed by atoms with Gasteiger partial charge in [0.25, 0.3) is 5.91 Å². The van der Waals surface area contributed by atoms with Gasteiger partial charge in [0.2, 0.25) is 0 Å². The Bertz CT molecular complexity index is 430. The molecule has 0 aromatic carbocycles. The molecule has 4 heteroatoms. The van der Waals surface area contributed by atoms with Gasteiger partial charge in [-0.25, -0.2) is 0 Å². The minimum absolute atomic E-state index is 0.0692. The summed E-state index contributed by atoms with van der Waals surface area (Å²) < 4.78 is 0. The maximum atomic E-state index is 12.2. The summed E-state index contributed by atoms with van der Waals surface area (Å²) in [5, 5.41) is 0. The summed E-state index contributed by atoms with van der Waals surface area (Å²) in [4.78, 5) is 20.3. The molecule has 2 heterocycles. The molecule has 0 N–H and O–H groups in total. The van der Waals surface area contributed by atoms with E-state index in [4.69, 9.17) is 6.42 Å². The fraction of sp³-hybridized carbons (Fsp3) is 0.429. The second-order valence-corrected chi connectivity index (χ2v) is 4.33. The minimum Gasteiger partial charge on any atom is -0.336 e. The maximum absolute atomic E-state index is 12.2. The molecule has 2 rings (SSSR count). The zero-order valence-electron chi connectivity index (χ0n) is 10.4. The van der Waals surface area contributed by atoms with Gasteiger partial charge in [0, 0.05) is 51.5 Å². The molecule has 1 aliphatic rings. The van der Waals surface area contributed by atoms with Crippen LogP contribution in [-0.2, 0) is 0 Å². The molecular weight excluding hydrogens is 226 g/mol. The largest absolute Gasteiger partial charge is 0.336 e. The van der Waals surface area contributed by atoms with E-state index in [1.54, 1.807) is 24.5 Å². The maximum Gasteiger partial charge on any atom is 0.255 e. The van der Waals surface area contributed by atoms with Crippen LogP contribution in [-0.4, -0.2) is 53.4 Å². The van der Waals surface area contributed by atoms with Crippen molar-refractivity contribution < 1.29 is 4.79 Å². The highest BCUT2D eigenvalue weighted by atomic mass is 16.2. The molecule has 0 unspecified atom stereocenters. The van der Waals surface area contributed by atoms with Crippen molar-refractivity contribution in [2.24, 2.45) is 0 Å². The molecule has 0 radical (unpaired) electrons. The lowest BCUT2D eigenvalue weighted by molar-refractivity contribution is 0.0639. The number of hydrogen-bond donors (Lipinski definition) is 0. The molecule has 0 atom stereocenters. The molecule has 1 aromatic heterocycles. The number of rotatable bonds is 3. The zero-order chi connectivity index (χ0) is 12.8. The Morgan fingerprint density at radius 1 is 1.39 bits per heavy atom. The van der Waals surface area contributed by atoms with Gasteiger partial charge in [0.15, 0.2) is 0 Å². The van der Waals surface area contributed by atoms with Crippen LogP contribution in [0.25, 0.3) is 0 Å². The molecule has 0 saturated carbocycles. The summed E-state index contributed by atoms with van der Waals surface area (Å²) in [6.07, 6.45) is 9.32. The van der Waals surface area contributed by atoms with Crippen LogP contribution in [0.2, 0.25) is 0 Å². The Hall–Kier alpha value is -1.86. The normalized spacial score (nSPS) is 16.3. The first-order valence-corrected chi connectivity index (χ1v) is 6.16. The lowest BCUT2D eigenvalue weighted by Gasteiger charge is -2.34. The number of hydrogen-bond acceptors (Lipinski definition) is 3. The summed E-state index contributed by atoms with van der Waals surface area (Å²) in [5.74, 6) is 2.71. The molecule has 0 bridgehead atoms. The van der Waals surface area contributed by atoms with Crippen molar-refractivity contribution in [2.45, 2.75) is 6.42 Å². The molecule has 1 fully saturated rings. The first kappa shape index (κ1) is 12.6. The molecule has 94 valence electrons. The van der Waals surface area contributed by atoms with Gasteiger partial charge in [-0.15, -0.1) is 12.3 Å². The lowest BCUT2D eigenvalue weighted by Crippen LogP contribution is -2.48. The topological polar surface area (TPSA) is 36.4 Å². The molecule has 18 heavy (non-hydrogen) atoms. The SMILES string of the molecule is C#CCCN1CCN(C(=O)c2cccnc2)CC1. The van der Waals surface area contributed by atoms with Gasteiger partial charge in [0.1, 0.15) is 0 Å². The van der Waals surface area contributed by atoms with Crippen LogP contribution in [0.5, 0.6) is 0 Å². The molecule has 4 nitrogen and oxygen atoms in total. The van der Waals surface area contributed by atoms with Crippen molar-refractivity contribution in [3.05, 3.63) is 30.1 Å². The Morgan fingerprint density at radius 3 is 2.78 bits per heavy atom. The third-order valence-corrected chi connectivity index (χ3v) is 3.14. The van der Waals surface area contributed by atoms with E-state index in [2.05, 4.69) is 15.8 Å². The number of amides is 1.